The first kappa shape index (κ1) is 25.1. The van der Waals surface area contributed by atoms with Gasteiger partial charge in [0.15, 0.2) is 0 Å². The van der Waals surface area contributed by atoms with Gasteiger partial charge in [-0.05, 0) is 56.3 Å². The van der Waals surface area contributed by atoms with Crippen LogP contribution in [0.3, 0.4) is 0 Å². The normalized spacial score (nSPS) is 11.2. The van der Waals surface area contributed by atoms with Crippen LogP contribution in [0.25, 0.3) is 0 Å². The van der Waals surface area contributed by atoms with E-state index in [0.29, 0.717) is 22.5 Å². The molecule has 0 unspecified atom stereocenters. The van der Waals surface area contributed by atoms with Gasteiger partial charge in [0.25, 0.3) is 11.8 Å². The molecule has 3 aromatic rings. The number of benzene rings is 2. The third kappa shape index (κ3) is 6.27. The van der Waals surface area contributed by atoms with Crippen LogP contribution in [0.1, 0.15) is 43.2 Å². The van der Waals surface area contributed by atoms with Crippen molar-refractivity contribution in [1.82, 2.24) is 15.8 Å². The van der Waals surface area contributed by atoms with E-state index in [1.54, 1.807) is 38.1 Å². The Hall–Kier alpha value is -3.57. The minimum absolute atomic E-state index is 0.00470. The van der Waals surface area contributed by atoms with Crippen LogP contribution >= 0.6 is 31.9 Å². The van der Waals surface area contributed by atoms with Gasteiger partial charge < -0.3 is 10.2 Å². The number of hydrogen-bond acceptors (Lipinski definition) is 7. The Morgan fingerprint density at radius 3 is 1.62 bits per heavy atom. The molecule has 0 aliphatic carbocycles. The largest absolute Gasteiger partial charge is 0.507 e. The smallest absolute Gasteiger partial charge is 0.273 e. The van der Waals surface area contributed by atoms with Gasteiger partial charge >= 0.3 is 0 Å². The molecule has 2 aromatic carbocycles. The number of aromatic nitrogens is 1. The molecule has 11 heteroatoms. The van der Waals surface area contributed by atoms with Gasteiger partial charge in [-0.15, -0.1) is 0 Å². The number of amides is 2. The summed E-state index contributed by atoms with van der Waals surface area (Å²) in [6.45, 7) is 3.28. The Labute approximate surface area is 211 Å². The molecule has 0 saturated carbocycles. The fraction of sp³-hybridized carbons (Fsp3) is 0.0870. The molecule has 2 amide bonds. The first-order chi connectivity index (χ1) is 16.2. The van der Waals surface area contributed by atoms with Crippen molar-refractivity contribution in [2.24, 2.45) is 10.2 Å². The molecule has 0 radical (unpaired) electrons. The number of phenolic OH excluding ortho intramolecular Hbond substituents is 2. The first-order valence-corrected chi connectivity index (χ1v) is 11.4. The maximum atomic E-state index is 12.6. The van der Waals surface area contributed by atoms with Crippen molar-refractivity contribution in [1.29, 1.82) is 0 Å². The molecule has 4 N–H and O–H groups in total. The zero-order valence-electron chi connectivity index (χ0n) is 18.0. The Balaban J connectivity index is 1.74. The van der Waals surface area contributed by atoms with E-state index >= 15 is 0 Å². The number of carbonyl (C=O) groups excluding carboxylic acids is 2. The number of pyridine rings is 1. The van der Waals surface area contributed by atoms with Gasteiger partial charge in [0.2, 0.25) is 0 Å². The lowest BCUT2D eigenvalue weighted by atomic mass is 10.1. The molecule has 34 heavy (non-hydrogen) atoms. The Morgan fingerprint density at radius 1 is 0.794 bits per heavy atom. The molecule has 0 saturated heterocycles. The minimum atomic E-state index is -0.577. The Kier molecular flexibility index (Phi) is 8.13. The lowest BCUT2D eigenvalue weighted by Gasteiger charge is -2.09. The third-order valence-electron chi connectivity index (χ3n) is 4.61. The number of rotatable bonds is 6. The van der Waals surface area contributed by atoms with Crippen molar-refractivity contribution in [2.75, 3.05) is 0 Å². The molecular formula is C23H19Br2N5O4. The second-order valence-corrected chi connectivity index (χ2v) is 8.89. The van der Waals surface area contributed by atoms with Crippen molar-refractivity contribution < 1.29 is 19.8 Å². The highest BCUT2D eigenvalue weighted by Crippen LogP contribution is 2.21. The van der Waals surface area contributed by atoms with Gasteiger partial charge in [-0.1, -0.05) is 31.9 Å². The van der Waals surface area contributed by atoms with Crippen LogP contribution in [0.5, 0.6) is 11.5 Å². The van der Waals surface area contributed by atoms with E-state index in [2.05, 4.69) is 57.9 Å². The number of halogens is 2. The van der Waals surface area contributed by atoms with Gasteiger partial charge in [0.05, 0.1) is 34.9 Å². The van der Waals surface area contributed by atoms with Crippen LogP contribution in [0.15, 0.2) is 61.6 Å². The number of hydrogen-bond donors (Lipinski definition) is 4. The second kappa shape index (κ2) is 11.0. The molecule has 1 heterocycles. The predicted octanol–water partition coefficient (Wildman–Crippen LogP) is 4.16. The summed E-state index contributed by atoms with van der Waals surface area (Å²) in [5.41, 5.74) is 6.67. The van der Waals surface area contributed by atoms with Crippen molar-refractivity contribution >= 4 is 56.1 Å². The molecule has 0 aliphatic rings. The van der Waals surface area contributed by atoms with Crippen LogP contribution in [-0.2, 0) is 0 Å². The number of carbonyl (C=O) groups is 2. The van der Waals surface area contributed by atoms with Crippen molar-refractivity contribution in [2.45, 2.75) is 13.8 Å². The lowest BCUT2D eigenvalue weighted by Crippen LogP contribution is -2.23. The van der Waals surface area contributed by atoms with Crippen molar-refractivity contribution in [3.8, 4) is 11.5 Å². The highest BCUT2D eigenvalue weighted by atomic mass is 79.9. The van der Waals surface area contributed by atoms with E-state index in [1.165, 1.54) is 30.6 Å². The standard InChI is InChI=1S/C23H19Br2N5O4/c1-12-18(22(33)29-26-10-14-7-16(24)3-5-20(14)31)9-19(13(2)28-12)23(34)30-27-11-15-8-17(25)4-6-21(15)32/h3-11,31-32H,1-2H3,(H,29,33)(H,30,34)/b26-10-,27-11-. The monoisotopic (exact) mass is 587 g/mol. The highest BCUT2D eigenvalue weighted by Gasteiger charge is 2.17. The van der Waals surface area contributed by atoms with Crippen molar-refractivity contribution in [3.63, 3.8) is 0 Å². The topological polar surface area (TPSA) is 136 Å². The van der Waals surface area contributed by atoms with Crippen molar-refractivity contribution in [3.05, 3.63) is 85.1 Å². The predicted molar refractivity (Wildman–Crippen MR) is 135 cm³/mol. The van der Waals surface area contributed by atoms with Crippen LogP contribution < -0.4 is 10.9 Å². The van der Waals surface area contributed by atoms with E-state index in [4.69, 9.17) is 0 Å². The van der Waals surface area contributed by atoms with Crippen LogP contribution in [0, 0.1) is 13.8 Å². The van der Waals surface area contributed by atoms with Crippen LogP contribution in [0.2, 0.25) is 0 Å². The van der Waals surface area contributed by atoms with E-state index in [1.807, 2.05) is 0 Å². The Bertz CT molecular complexity index is 1230. The SMILES string of the molecule is Cc1nc(C)c(C(=O)N/N=C\c2cc(Br)ccc2O)cc1C(=O)N/N=C\c1cc(Br)ccc1O. The zero-order chi connectivity index (χ0) is 24.8. The fourth-order valence-corrected chi connectivity index (χ4v) is 3.64. The molecule has 3 rings (SSSR count). The van der Waals surface area contributed by atoms with Gasteiger partial charge in [-0.25, -0.2) is 10.9 Å². The summed E-state index contributed by atoms with van der Waals surface area (Å²) in [7, 11) is 0. The summed E-state index contributed by atoms with van der Waals surface area (Å²) in [5.74, 6) is -1.14. The number of hydrazone groups is 2. The van der Waals surface area contributed by atoms with E-state index in [-0.39, 0.29) is 22.6 Å². The molecule has 1 aromatic heterocycles. The van der Waals surface area contributed by atoms with Gasteiger partial charge in [0.1, 0.15) is 11.5 Å². The van der Waals surface area contributed by atoms with Gasteiger partial charge in [-0.2, -0.15) is 10.2 Å². The third-order valence-corrected chi connectivity index (χ3v) is 5.60. The maximum absolute atomic E-state index is 12.6. The Morgan fingerprint density at radius 2 is 1.21 bits per heavy atom. The summed E-state index contributed by atoms with van der Waals surface area (Å²) < 4.78 is 1.48. The molecule has 9 nitrogen and oxygen atoms in total. The number of nitrogens with one attached hydrogen (secondary N) is 2. The average Bonchev–Trinajstić information content (AvgIpc) is 2.78. The second-order valence-electron chi connectivity index (χ2n) is 7.06. The number of phenols is 2. The maximum Gasteiger partial charge on any atom is 0.273 e. The van der Waals surface area contributed by atoms with Gasteiger partial charge in [0, 0.05) is 20.1 Å². The summed E-state index contributed by atoms with van der Waals surface area (Å²) in [6.07, 6.45) is 2.60. The van der Waals surface area contributed by atoms with E-state index in [9.17, 15) is 19.8 Å². The van der Waals surface area contributed by atoms with Crippen LogP contribution in [0.4, 0.5) is 0 Å². The molecule has 0 aliphatic heterocycles. The van der Waals surface area contributed by atoms with Crippen LogP contribution in [-0.4, -0.2) is 39.4 Å². The summed E-state index contributed by atoms with van der Waals surface area (Å²) >= 11 is 6.60. The molecule has 174 valence electrons. The minimum Gasteiger partial charge on any atom is -0.507 e. The first-order valence-electron chi connectivity index (χ1n) is 9.78. The molecule has 0 fully saturated rings. The lowest BCUT2D eigenvalue weighted by molar-refractivity contribution is 0.0954. The highest BCUT2D eigenvalue weighted by molar-refractivity contribution is 9.10. The molecular weight excluding hydrogens is 570 g/mol. The summed E-state index contributed by atoms with van der Waals surface area (Å²) in [5, 5.41) is 27.5. The van der Waals surface area contributed by atoms with E-state index in [0.717, 1.165) is 8.95 Å². The summed E-state index contributed by atoms with van der Waals surface area (Å²) in [6, 6.07) is 11.0. The zero-order valence-corrected chi connectivity index (χ0v) is 21.2. The number of nitrogens with zero attached hydrogens (tertiary/aromatic N) is 3. The number of aromatic hydroxyl groups is 2. The quantitative estimate of drug-likeness (QED) is 0.253. The van der Waals surface area contributed by atoms with Gasteiger partial charge in [-0.3, -0.25) is 14.6 Å². The summed E-state index contributed by atoms with van der Waals surface area (Å²) in [4.78, 5) is 29.5. The average molecular weight is 589 g/mol. The molecule has 0 atom stereocenters. The molecule has 0 bridgehead atoms. The van der Waals surface area contributed by atoms with E-state index < -0.39 is 11.8 Å². The molecule has 0 spiro atoms. The fourth-order valence-electron chi connectivity index (χ4n) is 2.88. The number of aryl methyl sites for hydroxylation is 2.